The molecule has 0 aliphatic rings. The molecular formula is C5H8NO4-. The lowest BCUT2D eigenvalue weighted by Gasteiger charge is -2.13. The van der Waals surface area contributed by atoms with Crippen LogP contribution in [0.5, 0.6) is 0 Å². The van der Waals surface area contributed by atoms with Crippen LogP contribution in [0, 0.1) is 0 Å². The molecule has 10 heavy (non-hydrogen) atoms. The largest absolute Gasteiger partial charge is 0.550 e. The van der Waals surface area contributed by atoms with Gasteiger partial charge in [0.05, 0.1) is 13.0 Å². The maximum Gasteiger partial charge on any atom is 0.131 e. The van der Waals surface area contributed by atoms with E-state index in [4.69, 9.17) is 0 Å². The van der Waals surface area contributed by atoms with Crippen molar-refractivity contribution in [3.63, 3.8) is 0 Å². The highest BCUT2D eigenvalue weighted by Crippen LogP contribution is 1.80. The highest BCUT2D eigenvalue weighted by Gasteiger charge is 2.09. The van der Waals surface area contributed by atoms with Gasteiger partial charge in [0, 0.05) is 12.4 Å². The molecule has 0 saturated heterocycles. The van der Waals surface area contributed by atoms with Crippen LogP contribution < -0.4 is 15.5 Å². The molecule has 0 aliphatic carbocycles. The highest BCUT2D eigenvalue weighted by atomic mass is 16.4. The molecule has 0 aromatic rings. The second kappa shape index (κ2) is 3.84. The van der Waals surface area contributed by atoms with E-state index in [1.807, 2.05) is 0 Å². The van der Waals surface area contributed by atoms with Gasteiger partial charge in [-0.2, -0.15) is 0 Å². The van der Waals surface area contributed by atoms with Crippen molar-refractivity contribution in [2.75, 3.05) is 7.05 Å². The standard InChI is InChI=1S/C5H9NO4/c1-6-3(5(9)10)2-4(7)8/h3,6H,2H2,1H3,(H,7,8)(H,9,10)/p-1/t3-/m1/s1. The molecule has 0 aliphatic heterocycles. The number of hydrogen-bond donors (Lipinski definition) is 1. The first-order chi connectivity index (χ1) is 4.57. The number of hydrogen-bond acceptors (Lipinski definition) is 4. The Bertz CT molecular complexity index is 145. The number of nitrogens with two attached hydrogens (primary N) is 1. The van der Waals surface area contributed by atoms with E-state index in [1.54, 1.807) is 0 Å². The fourth-order valence-corrected chi connectivity index (χ4v) is 0.517. The fraction of sp³-hybridized carbons (Fsp3) is 0.600. The fourth-order valence-electron chi connectivity index (χ4n) is 0.517. The predicted octanol–water partition coefficient (Wildman–Crippen LogP) is -4.56. The zero-order chi connectivity index (χ0) is 8.15. The van der Waals surface area contributed by atoms with Crippen molar-refractivity contribution in [2.45, 2.75) is 12.5 Å². The molecule has 0 unspecified atom stereocenters. The van der Waals surface area contributed by atoms with Gasteiger partial charge < -0.3 is 25.1 Å². The van der Waals surface area contributed by atoms with Crippen LogP contribution in [-0.2, 0) is 9.59 Å². The lowest BCUT2D eigenvalue weighted by atomic mass is 10.2. The first kappa shape index (κ1) is 8.90. The van der Waals surface area contributed by atoms with Gasteiger partial charge in [-0.25, -0.2) is 0 Å². The topological polar surface area (TPSA) is 96.9 Å². The van der Waals surface area contributed by atoms with Crippen LogP contribution in [0.25, 0.3) is 0 Å². The Labute approximate surface area is 57.7 Å². The summed E-state index contributed by atoms with van der Waals surface area (Å²) >= 11 is 0. The van der Waals surface area contributed by atoms with Crippen molar-refractivity contribution in [2.24, 2.45) is 0 Å². The third-order valence-corrected chi connectivity index (χ3v) is 1.09. The number of carbonyl (C=O) groups excluding carboxylic acids is 2. The second-order valence-corrected chi connectivity index (χ2v) is 1.83. The molecule has 0 radical (unpaired) electrons. The third kappa shape index (κ3) is 3.03. The van der Waals surface area contributed by atoms with Gasteiger partial charge in [-0.15, -0.1) is 0 Å². The van der Waals surface area contributed by atoms with Gasteiger partial charge in [0.1, 0.15) is 6.04 Å². The Kier molecular flexibility index (Phi) is 3.42. The summed E-state index contributed by atoms with van der Waals surface area (Å²) in [5.74, 6) is -2.76. The summed E-state index contributed by atoms with van der Waals surface area (Å²) < 4.78 is 0. The normalized spacial score (nSPS) is 12.5. The summed E-state index contributed by atoms with van der Waals surface area (Å²) in [5, 5.41) is 21.1. The molecule has 1 atom stereocenters. The summed E-state index contributed by atoms with van der Waals surface area (Å²) in [7, 11) is 1.46. The maximum atomic E-state index is 10.0. The molecule has 0 amide bonds. The molecule has 0 bridgehead atoms. The van der Waals surface area contributed by atoms with Crippen LogP contribution in [-0.4, -0.2) is 25.0 Å². The third-order valence-electron chi connectivity index (χ3n) is 1.09. The minimum Gasteiger partial charge on any atom is -0.550 e. The van der Waals surface area contributed by atoms with Gasteiger partial charge in [-0.1, -0.05) is 0 Å². The quantitative estimate of drug-likeness (QED) is 0.431. The lowest BCUT2D eigenvalue weighted by molar-refractivity contribution is -0.657. The Hall–Kier alpha value is -1.10. The van der Waals surface area contributed by atoms with E-state index in [2.05, 4.69) is 0 Å². The van der Waals surface area contributed by atoms with Gasteiger partial charge >= 0.3 is 0 Å². The molecule has 0 saturated carbocycles. The van der Waals surface area contributed by atoms with Gasteiger partial charge in [0.25, 0.3) is 0 Å². The first-order valence-corrected chi connectivity index (χ1v) is 2.78. The van der Waals surface area contributed by atoms with E-state index < -0.39 is 24.4 Å². The molecule has 0 fully saturated rings. The van der Waals surface area contributed by atoms with E-state index in [1.165, 1.54) is 12.4 Å². The number of aliphatic carboxylic acids is 2. The summed E-state index contributed by atoms with van der Waals surface area (Å²) in [6.45, 7) is 0. The molecular weight excluding hydrogens is 138 g/mol. The lowest BCUT2D eigenvalue weighted by Crippen LogP contribution is -2.90. The smallest absolute Gasteiger partial charge is 0.131 e. The number of carbonyl (C=O) groups is 2. The van der Waals surface area contributed by atoms with Crippen molar-refractivity contribution < 1.29 is 25.1 Å². The summed E-state index contributed by atoms with van der Waals surface area (Å²) in [6.07, 6.45) is -0.515. The van der Waals surface area contributed by atoms with Gasteiger partial charge in [-0.3, -0.25) is 0 Å². The minimum atomic E-state index is -1.38. The van der Waals surface area contributed by atoms with Crippen molar-refractivity contribution in [1.82, 2.24) is 0 Å². The predicted molar refractivity (Wildman–Crippen MR) is 26.3 cm³/mol. The first-order valence-electron chi connectivity index (χ1n) is 2.78. The highest BCUT2D eigenvalue weighted by molar-refractivity contribution is 5.76. The molecule has 0 spiro atoms. The number of rotatable bonds is 4. The van der Waals surface area contributed by atoms with Crippen LogP contribution in [0.3, 0.4) is 0 Å². The van der Waals surface area contributed by atoms with Gasteiger partial charge in [-0.05, 0) is 0 Å². The molecule has 0 aromatic carbocycles. The molecule has 5 nitrogen and oxygen atoms in total. The summed E-state index contributed by atoms with van der Waals surface area (Å²) in [6, 6.07) is -1.04. The SMILES string of the molecule is C[NH2+][C@H](CC(=O)[O-])C(=O)[O-]. The van der Waals surface area contributed by atoms with Crippen LogP contribution in [0.15, 0.2) is 0 Å². The monoisotopic (exact) mass is 146 g/mol. The van der Waals surface area contributed by atoms with Crippen LogP contribution in [0.2, 0.25) is 0 Å². The molecule has 0 aromatic heterocycles. The Morgan fingerprint density at radius 3 is 2.10 bits per heavy atom. The molecule has 0 rings (SSSR count). The Balaban J connectivity index is 3.83. The molecule has 0 heterocycles. The van der Waals surface area contributed by atoms with Gasteiger partial charge in [0.15, 0.2) is 0 Å². The molecule has 2 N–H and O–H groups in total. The zero-order valence-electron chi connectivity index (χ0n) is 5.49. The van der Waals surface area contributed by atoms with E-state index in [9.17, 15) is 19.8 Å². The Morgan fingerprint density at radius 2 is 2.00 bits per heavy atom. The number of likely N-dealkylation sites (N-methyl/N-ethyl adjacent to an activating group) is 1. The van der Waals surface area contributed by atoms with Crippen LogP contribution in [0.4, 0.5) is 0 Å². The van der Waals surface area contributed by atoms with E-state index in [0.717, 1.165) is 0 Å². The average molecular weight is 146 g/mol. The molecule has 5 heteroatoms. The van der Waals surface area contributed by atoms with E-state index >= 15 is 0 Å². The summed E-state index contributed by atoms with van der Waals surface area (Å²) in [4.78, 5) is 19.9. The average Bonchev–Trinajstić information content (AvgIpc) is 1.81. The maximum absolute atomic E-state index is 10.0. The number of quaternary nitrogens is 1. The van der Waals surface area contributed by atoms with E-state index in [0.29, 0.717) is 0 Å². The Morgan fingerprint density at radius 1 is 1.50 bits per heavy atom. The van der Waals surface area contributed by atoms with E-state index in [-0.39, 0.29) is 0 Å². The minimum absolute atomic E-state index is 0.515. The van der Waals surface area contributed by atoms with Crippen molar-refractivity contribution in [1.29, 1.82) is 0 Å². The van der Waals surface area contributed by atoms with Gasteiger partial charge in [0.2, 0.25) is 0 Å². The number of carboxylic acids is 2. The zero-order valence-corrected chi connectivity index (χ0v) is 5.49. The second-order valence-electron chi connectivity index (χ2n) is 1.83. The number of carboxylic acid groups (broad SMARTS) is 2. The van der Waals surface area contributed by atoms with Crippen LogP contribution in [0.1, 0.15) is 6.42 Å². The van der Waals surface area contributed by atoms with Crippen LogP contribution >= 0.6 is 0 Å². The van der Waals surface area contributed by atoms with Crippen molar-refractivity contribution in [3.8, 4) is 0 Å². The molecule has 58 valence electrons. The van der Waals surface area contributed by atoms with Crippen molar-refractivity contribution >= 4 is 11.9 Å². The van der Waals surface area contributed by atoms with Crippen molar-refractivity contribution in [3.05, 3.63) is 0 Å². The summed E-state index contributed by atoms with van der Waals surface area (Å²) in [5.41, 5.74) is 0.